The van der Waals surface area contributed by atoms with Gasteiger partial charge in [0, 0.05) is 26.3 Å². The van der Waals surface area contributed by atoms with Crippen molar-refractivity contribution in [1.82, 2.24) is 14.7 Å². The molecule has 0 aromatic carbocycles. The van der Waals surface area contributed by atoms with Crippen molar-refractivity contribution in [1.29, 1.82) is 0 Å². The molecule has 0 fully saturated rings. The molecule has 2 rings (SSSR count). The molecule has 0 bridgehead atoms. The number of nitrogens with zero attached hydrogens (tertiary/aromatic N) is 3. The Balaban J connectivity index is 2.35. The van der Waals surface area contributed by atoms with Crippen LogP contribution in [-0.4, -0.2) is 51.9 Å². The number of aromatic nitrogens is 2. The number of thiophene rings is 1. The Morgan fingerprint density at radius 1 is 1.29 bits per heavy atom. The number of thiocarbonyl (C=S) groups is 1. The maximum absolute atomic E-state index is 12.8. The van der Waals surface area contributed by atoms with Crippen LogP contribution in [0.4, 0.5) is 10.7 Å². The average Bonchev–Trinajstić information content (AvgIpc) is 3.13. The minimum absolute atomic E-state index is 0.118. The summed E-state index contributed by atoms with van der Waals surface area (Å²) in [5.74, 6) is -0.636. The Kier molecular flexibility index (Phi) is 7.14. The van der Waals surface area contributed by atoms with E-state index in [0.717, 1.165) is 11.4 Å². The molecule has 28 heavy (non-hydrogen) atoms. The molecule has 0 saturated carbocycles. The molecule has 0 spiro atoms. The highest BCUT2D eigenvalue weighted by molar-refractivity contribution is 7.80. The molecule has 0 saturated heterocycles. The van der Waals surface area contributed by atoms with Crippen molar-refractivity contribution in [2.75, 3.05) is 30.8 Å². The number of methoxy groups -OCH3 is 1. The zero-order valence-electron chi connectivity index (χ0n) is 16.9. The van der Waals surface area contributed by atoms with Crippen LogP contribution in [0, 0.1) is 13.8 Å². The Morgan fingerprint density at radius 2 is 1.93 bits per heavy atom. The van der Waals surface area contributed by atoms with Gasteiger partial charge in [0.15, 0.2) is 5.11 Å². The van der Waals surface area contributed by atoms with Gasteiger partial charge < -0.3 is 20.3 Å². The van der Waals surface area contributed by atoms with Gasteiger partial charge in [0.1, 0.15) is 5.00 Å². The highest BCUT2D eigenvalue weighted by Gasteiger charge is 2.27. The van der Waals surface area contributed by atoms with Crippen LogP contribution in [0.1, 0.15) is 45.1 Å². The minimum atomic E-state index is -0.518. The van der Waals surface area contributed by atoms with Crippen molar-refractivity contribution in [2.45, 2.75) is 27.7 Å². The summed E-state index contributed by atoms with van der Waals surface area (Å²) in [5.41, 5.74) is 2.44. The van der Waals surface area contributed by atoms with E-state index in [1.165, 1.54) is 18.4 Å². The summed E-state index contributed by atoms with van der Waals surface area (Å²) in [6.07, 6.45) is 1.81. The van der Waals surface area contributed by atoms with Crippen molar-refractivity contribution in [3.8, 4) is 0 Å². The third-order valence-electron chi connectivity index (χ3n) is 4.27. The van der Waals surface area contributed by atoms with Gasteiger partial charge in [0.05, 0.1) is 28.9 Å². The third-order valence-corrected chi connectivity index (χ3v) is 5.67. The van der Waals surface area contributed by atoms with Gasteiger partial charge in [-0.05, 0) is 45.5 Å². The van der Waals surface area contributed by atoms with Crippen molar-refractivity contribution in [3.63, 3.8) is 0 Å². The van der Waals surface area contributed by atoms with E-state index in [2.05, 4.69) is 15.7 Å². The van der Waals surface area contributed by atoms with Crippen molar-refractivity contribution >= 4 is 51.2 Å². The zero-order valence-corrected chi connectivity index (χ0v) is 18.5. The topological polar surface area (TPSA) is 88.5 Å². The van der Waals surface area contributed by atoms with Crippen LogP contribution >= 0.6 is 23.6 Å². The monoisotopic (exact) mass is 423 g/mol. The lowest BCUT2D eigenvalue weighted by Crippen LogP contribution is -2.30. The number of carbonyl (C=O) groups excluding carboxylic acids is 2. The summed E-state index contributed by atoms with van der Waals surface area (Å²) in [4.78, 5) is 27.4. The maximum Gasteiger partial charge on any atom is 0.341 e. The van der Waals surface area contributed by atoms with Gasteiger partial charge in [-0.2, -0.15) is 5.10 Å². The van der Waals surface area contributed by atoms with Gasteiger partial charge in [0.25, 0.3) is 5.91 Å². The summed E-state index contributed by atoms with van der Waals surface area (Å²) in [7, 11) is 3.13. The molecule has 0 radical (unpaired) electrons. The normalized spacial score (nSPS) is 10.5. The number of esters is 1. The molecule has 0 aliphatic rings. The van der Waals surface area contributed by atoms with Crippen LogP contribution < -0.4 is 10.6 Å². The molecule has 0 aliphatic carbocycles. The predicted molar refractivity (Wildman–Crippen MR) is 115 cm³/mol. The van der Waals surface area contributed by atoms with E-state index in [1.54, 1.807) is 22.7 Å². The van der Waals surface area contributed by atoms with Crippen LogP contribution in [0.5, 0.6) is 0 Å². The smallest absolute Gasteiger partial charge is 0.341 e. The fourth-order valence-electron chi connectivity index (χ4n) is 2.79. The quantitative estimate of drug-likeness (QED) is 0.545. The van der Waals surface area contributed by atoms with Gasteiger partial charge in [-0.3, -0.25) is 9.48 Å². The molecule has 10 heteroatoms. The van der Waals surface area contributed by atoms with Crippen molar-refractivity contribution in [2.24, 2.45) is 7.05 Å². The van der Waals surface area contributed by atoms with Crippen LogP contribution in [0.2, 0.25) is 0 Å². The Hall–Kier alpha value is -2.46. The van der Waals surface area contributed by atoms with E-state index in [9.17, 15) is 9.59 Å². The first-order valence-corrected chi connectivity index (χ1v) is 10.0. The maximum atomic E-state index is 12.8. The van der Waals surface area contributed by atoms with Gasteiger partial charge in [0.2, 0.25) is 0 Å². The summed E-state index contributed by atoms with van der Waals surface area (Å²) in [6, 6.07) is 0. The fourth-order valence-corrected chi connectivity index (χ4v) is 4.23. The number of nitrogens with one attached hydrogen (secondary N) is 2. The molecule has 2 N–H and O–H groups in total. The molecule has 0 aliphatic heterocycles. The lowest BCUT2D eigenvalue weighted by Gasteiger charge is -2.17. The molecule has 1 amide bonds. The molecule has 0 unspecified atom stereocenters. The molecular weight excluding hydrogens is 398 g/mol. The van der Waals surface area contributed by atoms with Crippen molar-refractivity contribution in [3.05, 3.63) is 27.9 Å². The van der Waals surface area contributed by atoms with Crippen LogP contribution in [0.15, 0.2) is 6.20 Å². The van der Waals surface area contributed by atoms with E-state index in [-0.39, 0.29) is 5.91 Å². The van der Waals surface area contributed by atoms with E-state index in [0.29, 0.717) is 39.2 Å². The highest BCUT2D eigenvalue weighted by Crippen LogP contribution is 2.34. The summed E-state index contributed by atoms with van der Waals surface area (Å²) >= 11 is 6.58. The molecule has 0 atom stereocenters. The van der Waals surface area contributed by atoms with Gasteiger partial charge >= 0.3 is 5.97 Å². The van der Waals surface area contributed by atoms with Gasteiger partial charge in [-0.1, -0.05) is 0 Å². The lowest BCUT2D eigenvalue weighted by atomic mass is 10.1. The Bertz CT molecular complexity index is 899. The number of aryl methyl sites for hydroxylation is 2. The van der Waals surface area contributed by atoms with Gasteiger partial charge in [-0.15, -0.1) is 11.3 Å². The Morgan fingerprint density at radius 3 is 2.43 bits per heavy atom. The minimum Gasteiger partial charge on any atom is -0.465 e. The second kappa shape index (κ2) is 9.16. The highest BCUT2D eigenvalue weighted by atomic mass is 32.1. The number of anilines is 2. The second-order valence-electron chi connectivity index (χ2n) is 6.11. The molecule has 2 heterocycles. The van der Waals surface area contributed by atoms with Crippen LogP contribution in [-0.2, 0) is 11.8 Å². The van der Waals surface area contributed by atoms with E-state index >= 15 is 0 Å². The third kappa shape index (κ3) is 4.50. The molecule has 2 aromatic heterocycles. The van der Waals surface area contributed by atoms with Crippen LogP contribution in [0.25, 0.3) is 0 Å². The first-order valence-electron chi connectivity index (χ1n) is 8.82. The fraction of sp³-hybridized carbons (Fsp3) is 0.444. The van der Waals surface area contributed by atoms with E-state index < -0.39 is 5.97 Å². The number of hydrogen-bond acceptors (Lipinski definition) is 6. The van der Waals surface area contributed by atoms with E-state index in [4.69, 9.17) is 17.0 Å². The Labute approximate surface area is 173 Å². The second-order valence-corrected chi connectivity index (χ2v) is 7.54. The first kappa shape index (κ1) is 21.8. The molecule has 2 aromatic rings. The van der Waals surface area contributed by atoms with Crippen LogP contribution in [0.3, 0.4) is 0 Å². The summed E-state index contributed by atoms with van der Waals surface area (Å²) < 4.78 is 6.59. The number of hydrogen-bond donors (Lipinski definition) is 2. The standard InChI is InChI=1S/C18H25N5O3S2/c1-7-23(8-2)16(24)14-10(3)13(17(25)26-6)15(28-14)20-18(27)19-12-9-22(5)21-11(12)4/h9H,7-8H2,1-6H3,(H2,19,20,27). The molecule has 8 nitrogen and oxygen atoms in total. The van der Waals surface area contributed by atoms with Crippen molar-refractivity contribution < 1.29 is 14.3 Å². The first-order chi connectivity index (χ1) is 13.2. The number of ether oxygens (including phenoxy) is 1. The number of carbonyl (C=O) groups is 2. The number of rotatable bonds is 6. The molecule has 152 valence electrons. The SMILES string of the molecule is CCN(CC)C(=O)c1sc(NC(=S)Nc2cn(C)nc2C)c(C(=O)OC)c1C. The van der Waals surface area contributed by atoms with Gasteiger partial charge in [-0.25, -0.2) is 4.79 Å². The number of amides is 1. The average molecular weight is 424 g/mol. The lowest BCUT2D eigenvalue weighted by molar-refractivity contribution is 0.0601. The zero-order chi connectivity index (χ0) is 21.0. The molecular formula is C18H25N5O3S2. The van der Waals surface area contributed by atoms with E-state index in [1.807, 2.05) is 27.8 Å². The predicted octanol–water partition coefficient (Wildman–Crippen LogP) is 3.18. The summed E-state index contributed by atoms with van der Waals surface area (Å²) in [6.45, 7) is 8.61. The summed E-state index contributed by atoms with van der Waals surface area (Å²) in [5, 5.41) is 11.1. The largest absolute Gasteiger partial charge is 0.465 e.